The van der Waals surface area contributed by atoms with Crippen molar-refractivity contribution in [2.24, 2.45) is 0 Å². The molecule has 0 bridgehead atoms. The molecule has 22 heavy (non-hydrogen) atoms. The molecule has 114 valence electrons. The molecule has 0 spiro atoms. The summed E-state index contributed by atoms with van der Waals surface area (Å²) in [5, 5.41) is 5.61. The number of anilines is 1. The van der Waals surface area contributed by atoms with E-state index in [0.29, 0.717) is 5.02 Å². The number of hydrogen-bond donors (Lipinski definition) is 2. The number of thiocarbonyl (C=S) groups is 1. The third-order valence-electron chi connectivity index (χ3n) is 2.58. The molecule has 0 aliphatic heterocycles. The topological polar surface area (TPSA) is 41.1 Å². The highest BCUT2D eigenvalue weighted by molar-refractivity contribution is 14.1. The summed E-state index contributed by atoms with van der Waals surface area (Å²) in [6.07, 6.45) is 0. The molecule has 8 heteroatoms. The first-order chi connectivity index (χ1) is 10.4. The molecule has 0 fully saturated rings. The average molecular weight is 469 g/mol. The number of amides is 1. The van der Waals surface area contributed by atoms with Crippen LogP contribution in [0.25, 0.3) is 0 Å². The van der Waals surface area contributed by atoms with E-state index in [1.807, 2.05) is 22.6 Å². The van der Waals surface area contributed by atoms with Crippen molar-refractivity contribution in [3.8, 4) is 0 Å². The van der Waals surface area contributed by atoms with Crippen molar-refractivity contribution in [1.82, 2.24) is 5.32 Å². The van der Waals surface area contributed by atoms with Gasteiger partial charge < -0.3 is 5.32 Å². The molecule has 3 nitrogen and oxygen atoms in total. The molecule has 0 aliphatic carbocycles. The summed E-state index contributed by atoms with van der Waals surface area (Å²) >= 11 is 18.7. The van der Waals surface area contributed by atoms with Gasteiger partial charge in [-0.25, -0.2) is 4.39 Å². The molecular formula is C14H8Cl2FIN2OS. The molecule has 1 amide bonds. The van der Waals surface area contributed by atoms with E-state index < -0.39 is 11.7 Å². The number of carbonyl (C=O) groups excluding carboxylic acids is 1. The first-order valence-electron chi connectivity index (χ1n) is 5.89. The Bertz CT molecular complexity index is 758. The Hall–Kier alpha value is -0.960. The lowest BCUT2D eigenvalue weighted by Gasteiger charge is -2.11. The van der Waals surface area contributed by atoms with Crippen LogP contribution in [-0.4, -0.2) is 11.0 Å². The van der Waals surface area contributed by atoms with Crippen LogP contribution >= 0.6 is 58.0 Å². The van der Waals surface area contributed by atoms with Crippen LogP contribution in [0.4, 0.5) is 10.1 Å². The quantitative estimate of drug-likeness (QED) is 0.488. The van der Waals surface area contributed by atoms with Crippen molar-refractivity contribution in [2.75, 3.05) is 5.32 Å². The fourth-order valence-electron chi connectivity index (χ4n) is 1.59. The van der Waals surface area contributed by atoms with E-state index in [0.717, 1.165) is 3.57 Å². The molecule has 0 aliphatic rings. The van der Waals surface area contributed by atoms with Crippen molar-refractivity contribution < 1.29 is 9.18 Å². The highest BCUT2D eigenvalue weighted by atomic mass is 127. The van der Waals surface area contributed by atoms with Crippen LogP contribution in [0, 0.1) is 9.39 Å². The van der Waals surface area contributed by atoms with Gasteiger partial charge in [0.25, 0.3) is 5.91 Å². The van der Waals surface area contributed by atoms with Crippen LogP contribution in [0.3, 0.4) is 0 Å². The predicted octanol–water partition coefficient (Wildman–Crippen LogP) is 4.86. The zero-order valence-corrected chi connectivity index (χ0v) is 15.3. The third kappa shape index (κ3) is 4.52. The van der Waals surface area contributed by atoms with Gasteiger partial charge in [0.1, 0.15) is 5.82 Å². The minimum absolute atomic E-state index is 0.0406. The Kier molecular flexibility index (Phi) is 5.96. The molecule has 0 saturated heterocycles. The summed E-state index contributed by atoms with van der Waals surface area (Å²) in [6, 6.07) is 9.09. The summed E-state index contributed by atoms with van der Waals surface area (Å²) < 4.78 is 14.5. The molecule has 0 atom stereocenters. The second-order valence-corrected chi connectivity index (χ2v) is 6.65. The van der Waals surface area contributed by atoms with E-state index in [-0.39, 0.29) is 21.4 Å². The normalized spacial score (nSPS) is 10.2. The molecule has 2 N–H and O–H groups in total. The van der Waals surface area contributed by atoms with Gasteiger partial charge in [-0.2, -0.15) is 0 Å². The second-order valence-electron chi connectivity index (χ2n) is 4.16. The maximum Gasteiger partial charge on any atom is 0.258 e. The number of benzene rings is 2. The van der Waals surface area contributed by atoms with Gasteiger partial charge in [-0.3, -0.25) is 10.1 Å². The standard InChI is InChI=1S/C14H8Cl2FIN2OS/c15-7-1-3-10(16)9(5-7)13(21)20-14(22)19-12-4-2-8(18)6-11(12)17/h1-6H,(H2,19,20,21,22). The van der Waals surface area contributed by atoms with Crippen molar-refractivity contribution in [3.05, 3.63) is 61.4 Å². The van der Waals surface area contributed by atoms with Gasteiger partial charge in [0, 0.05) is 8.59 Å². The monoisotopic (exact) mass is 468 g/mol. The Labute approximate surface area is 155 Å². The van der Waals surface area contributed by atoms with Gasteiger partial charge in [-0.05, 0) is 71.2 Å². The summed E-state index contributed by atoms with van der Waals surface area (Å²) in [6.45, 7) is 0. The number of rotatable bonds is 2. The fourth-order valence-corrected chi connectivity index (χ4v) is 2.62. The summed E-state index contributed by atoms with van der Waals surface area (Å²) in [5.74, 6) is -1.000. The summed E-state index contributed by atoms with van der Waals surface area (Å²) in [4.78, 5) is 12.1. The van der Waals surface area contributed by atoms with Crippen molar-refractivity contribution >= 4 is 74.7 Å². The van der Waals surface area contributed by atoms with E-state index in [2.05, 4.69) is 10.6 Å². The number of hydrogen-bond acceptors (Lipinski definition) is 2. The van der Waals surface area contributed by atoms with Crippen LogP contribution in [0.2, 0.25) is 10.0 Å². The minimum Gasteiger partial charge on any atom is -0.330 e. The smallest absolute Gasteiger partial charge is 0.258 e. The first kappa shape index (κ1) is 17.4. The van der Waals surface area contributed by atoms with Gasteiger partial charge in [0.2, 0.25) is 0 Å². The lowest BCUT2D eigenvalue weighted by molar-refractivity contribution is 0.0978. The molecule has 0 saturated carbocycles. The summed E-state index contributed by atoms with van der Waals surface area (Å²) in [5.41, 5.74) is 0.351. The Morgan fingerprint density at radius 1 is 1.18 bits per heavy atom. The van der Waals surface area contributed by atoms with Crippen LogP contribution in [0.15, 0.2) is 36.4 Å². The number of carbonyl (C=O) groups is 1. The first-order valence-corrected chi connectivity index (χ1v) is 8.13. The minimum atomic E-state index is -0.532. The van der Waals surface area contributed by atoms with Gasteiger partial charge in [-0.1, -0.05) is 23.2 Å². The number of nitrogens with one attached hydrogen (secondary N) is 2. The molecule has 0 heterocycles. The maximum absolute atomic E-state index is 13.7. The van der Waals surface area contributed by atoms with Crippen LogP contribution < -0.4 is 10.6 Å². The van der Waals surface area contributed by atoms with Crippen molar-refractivity contribution in [2.45, 2.75) is 0 Å². The van der Waals surface area contributed by atoms with Gasteiger partial charge >= 0.3 is 0 Å². The van der Waals surface area contributed by atoms with Crippen LogP contribution in [0.5, 0.6) is 0 Å². The van der Waals surface area contributed by atoms with Crippen LogP contribution in [-0.2, 0) is 0 Å². The molecular weight excluding hydrogens is 461 g/mol. The highest BCUT2D eigenvalue weighted by Gasteiger charge is 2.13. The number of halogens is 4. The zero-order valence-electron chi connectivity index (χ0n) is 10.8. The van der Waals surface area contributed by atoms with Gasteiger partial charge in [-0.15, -0.1) is 0 Å². The Morgan fingerprint density at radius 2 is 1.91 bits per heavy atom. The van der Waals surface area contributed by atoms with E-state index in [9.17, 15) is 9.18 Å². The second kappa shape index (κ2) is 7.54. The highest BCUT2D eigenvalue weighted by Crippen LogP contribution is 2.21. The van der Waals surface area contributed by atoms with Gasteiger partial charge in [0.15, 0.2) is 5.11 Å². The largest absolute Gasteiger partial charge is 0.330 e. The molecule has 2 aromatic rings. The van der Waals surface area contributed by atoms with Gasteiger partial charge in [0.05, 0.1) is 16.3 Å². The average Bonchev–Trinajstić information content (AvgIpc) is 2.44. The molecule has 0 unspecified atom stereocenters. The lowest BCUT2D eigenvalue weighted by atomic mass is 10.2. The molecule has 0 aromatic heterocycles. The van der Waals surface area contributed by atoms with E-state index in [1.54, 1.807) is 12.1 Å². The molecule has 0 radical (unpaired) electrons. The third-order valence-corrected chi connectivity index (χ3v) is 4.02. The lowest BCUT2D eigenvalue weighted by Crippen LogP contribution is -2.34. The van der Waals surface area contributed by atoms with Crippen molar-refractivity contribution in [1.29, 1.82) is 0 Å². The molecule has 2 aromatic carbocycles. The SMILES string of the molecule is O=C(NC(=S)Nc1ccc(I)cc1F)c1cc(Cl)ccc1Cl. The predicted molar refractivity (Wildman–Crippen MR) is 99.3 cm³/mol. The van der Waals surface area contributed by atoms with Crippen molar-refractivity contribution in [3.63, 3.8) is 0 Å². The van der Waals surface area contributed by atoms with E-state index >= 15 is 0 Å². The summed E-state index contributed by atoms with van der Waals surface area (Å²) in [7, 11) is 0. The Morgan fingerprint density at radius 3 is 2.59 bits per heavy atom. The van der Waals surface area contributed by atoms with Crippen LogP contribution in [0.1, 0.15) is 10.4 Å². The van der Waals surface area contributed by atoms with E-state index in [4.69, 9.17) is 35.4 Å². The maximum atomic E-state index is 13.7. The van der Waals surface area contributed by atoms with E-state index in [1.165, 1.54) is 24.3 Å². The fraction of sp³-hybridized carbons (Fsp3) is 0. The Balaban J connectivity index is 2.08. The zero-order chi connectivity index (χ0) is 16.3. The molecule has 2 rings (SSSR count).